The van der Waals surface area contributed by atoms with Gasteiger partial charge in [-0.1, -0.05) is 203 Å². The predicted molar refractivity (Wildman–Crippen MR) is 380 cm³/mol. The summed E-state index contributed by atoms with van der Waals surface area (Å²) in [4.78, 5) is 46.6. The lowest BCUT2D eigenvalue weighted by atomic mass is 9.80. The van der Waals surface area contributed by atoms with Gasteiger partial charge in [-0.2, -0.15) is 0 Å². The van der Waals surface area contributed by atoms with Gasteiger partial charge in [-0.15, -0.1) is 0 Å². The SMILES string of the molecule is CCC1O[C@H](OC2[C@@H](OC3[C@@H](O[C@@H]4C(OC(=O)c5ccccc5)[C@@H](O[C@@H]5C(OC(=O)c6ccccc6)[C@@H](OCCCCCN=[N+]=[N-])OC(COCc6ccccc6)[C@H]5C)OC(COCc5ccccc5)[C@H]4C)OC(CC)[C@@H](C)[C@@H]3C)OC(CC)[C@@H](C)[C@@H]2C)C(OC(=O)c2ccccc2)[C@@H](C)[C@@H]1C. The number of unbranched alkanes of at least 4 members (excludes halogenated alkanes) is 2. The van der Waals surface area contributed by atoms with Gasteiger partial charge in [0, 0.05) is 35.8 Å². The fourth-order valence-corrected chi connectivity index (χ4v) is 14.8. The molecule has 0 aliphatic carbocycles. The molecule has 0 amide bonds. The first-order chi connectivity index (χ1) is 49.5. The number of hydrogen-bond acceptors (Lipinski definition) is 19. The molecule has 5 fully saturated rings. The molecule has 25 atom stereocenters. The highest BCUT2D eigenvalue weighted by molar-refractivity contribution is 5.90. The molecule has 0 bridgehead atoms. The Hall–Kier alpha value is -6.66. The molecule has 0 saturated carbocycles. The van der Waals surface area contributed by atoms with E-state index in [0.29, 0.717) is 50.6 Å². The summed E-state index contributed by atoms with van der Waals surface area (Å²) in [7, 11) is 0. The van der Waals surface area contributed by atoms with Crippen molar-refractivity contribution in [3.05, 3.63) is 190 Å². The molecular formula is C81H107N3O18. The molecule has 0 spiro atoms. The predicted octanol–water partition coefficient (Wildman–Crippen LogP) is 15.1. The van der Waals surface area contributed by atoms with Gasteiger partial charge in [0.25, 0.3) is 0 Å². The van der Waals surface area contributed by atoms with Gasteiger partial charge in [0.15, 0.2) is 49.8 Å². The number of benzene rings is 5. The van der Waals surface area contributed by atoms with Crippen molar-refractivity contribution in [2.45, 2.75) is 233 Å². The van der Waals surface area contributed by atoms with Crippen LogP contribution < -0.4 is 0 Å². The van der Waals surface area contributed by atoms with Gasteiger partial charge >= 0.3 is 17.9 Å². The smallest absolute Gasteiger partial charge is 0.338 e. The quantitative estimate of drug-likeness (QED) is 0.00971. The lowest BCUT2D eigenvalue weighted by molar-refractivity contribution is -0.390. The van der Waals surface area contributed by atoms with Gasteiger partial charge in [0.2, 0.25) is 0 Å². The molecule has 5 aliphatic heterocycles. The van der Waals surface area contributed by atoms with Crippen LogP contribution in [0.5, 0.6) is 0 Å². The van der Waals surface area contributed by atoms with Crippen LogP contribution in [0.2, 0.25) is 0 Å². The molecule has 0 N–H and O–H groups in total. The Morgan fingerprint density at radius 2 is 0.696 bits per heavy atom. The summed E-state index contributed by atoms with van der Waals surface area (Å²) in [5, 5.41) is 3.71. The number of nitrogens with zero attached hydrogens (tertiary/aromatic N) is 3. The number of esters is 3. The summed E-state index contributed by atoms with van der Waals surface area (Å²) >= 11 is 0. The van der Waals surface area contributed by atoms with Crippen LogP contribution >= 0.6 is 0 Å². The monoisotopic (exact) mass is 1410 g/mol. The summed E-state index contributed by atoms with van der Waals surface area (Å²) < 4.78 is 105. The molecule has 0 radical (unpaired) electrons. The number of hydrogen-bond donors (Lipinski definition) is 0. The number of azide groups is 1. The van der Waals surface area contributed by atoms with Gasteiger partial charge in [0.05, 0.1) is 73.6 Å². The second-order valence-electron chi connectivity index (χ2n) is 28.3. The topological polar surface area (TPSA) is 238 Å². The van der Waals surface area contributed by atoms with Crippen LogP contribution in [0.15, 0.2) is 157 Å². The van der Waals surface area contributed by atoms with Crippen molar-refractivity contribution in [1.82, 2.24) is 0 Å². The summed E-state index contributed by atoms with van der Waals surface area (Å²) in [5.41, 5.74) is 11.8. The van der Waals surface area contributed by atoms with E-state index in [1.165, 1.54) is 0 Å². The first-order valence-corrected chi connectivity index (χ1v) is 37.0. The van der Waals surface area contributed by atoms with Crippen molar-refractivity contribution < 1.29 is 85.4 Å². The van der Waals surface area contributed by atoms with Gasteiger partial charge in [-0.25, -0.2) is 14.4 Å². The summed E-state index contributed by atoms with van der Waals surface area (Å²) in [6.07, 6.45) is -11.5. The van der Waals surface area contributed by atoms with Crippen molar-refractivity contribution in [1.29, 1.82) is 0 Å². The van der Waals surface area contributed by atoms with Crippen LogP contribution in [0.25, 0.3) is 10.4 Å². The number of rotatable bonds is 32. The number of carbonyl (C=O) groups excluding carboxylic acids is 3. The van der Waals surface area contributed by atoms with Crippen LogP contribution in [0.3, 0.4) is 0 Å². The molecule has 5 saturated heterocycles. The van der Waals surface area contributed by atoms with Crippen LogP contribution in [0.4, 0.5) is 0 Å². The Balaban J connectivity index is 1.04. The fraction of sp³-hybridized carbons (Fsp3) is 0.593. The van der Waals surface area contributed by atoms with E-state index in [2.05, 4.69) is 72.3 Å². The zero-order valence-corrected chi connectivity index (χ0v) is 61.0. The Bertz CT molecular complexity index is 3380. The van der Waals surface area contributed by atoms with E-state index in [1.54, 1.807) is 60.7 Å². The van der Waals surface area contributed by atoms with Crippen molar-refractivity contribution in [3.63, 3.8) is 0 Å². The van der Waals surface area contributed by atoms with E-state index < -0.39 is 116 Å². The summed E-state index contributed by atoms with van der Waals surface area (Å²) in [6, 6.07) is 45.9. The van der Waals surface area contributed by atoms with E-state index in [-0.39, 0.29) is 98.0 Å². The fourth-order valence-electron chi connectivity index (χ4n) is 14.8. The second-order valence-corrected chi connectivity index (χ2v) is 28.3. The Labute approximate surface area is 602 Å². The Morgan fingerprint density at radius 3 is 1.09 bits per heavy atom. The van der Waals surface area contributed by atoms with Gasteiger partial charge in [0.1, 0.15) is 24.4 Å². The third-order valence-electron chi connectivity index (χ3n) is 21.7. The third-order valence-corrected chi connectivity index (χ3v) is 21.7. The third kappa shape index (κ3) is 19.8. The van der Waals surface area contributed by atoms with E-state index in [9.17, 15) is 9.59 Å². The standard InChI is InChI=1S/C81H107N3O18/c1-12-62-49(4)52(7)69(96-74(85)59-37-25-17-26-38-59)78(91-62)101-71-54(9)51(6)64(14-3)93-80(71)102-70-53(8)50(5)63(13-2)92-79(70)99-68-56(11)66(48-89-46-58-35-23-16-24-36-58)95-81(73(68)98-76(87)61-41-29-19-30-42-61)100-67-55(10)65(47-88-45-57-33-21-15-22-34-57)94-77(90-44-32-20-31-43-83-84-82)72(67)97-75(86)60-39-27-18-28-40-60/h15-19,21-30,33-42,49-56,62-73,77-81H,12-14,20,31-32,43-48H2,1-11H3/t49-,50-,51-,52-,53-,54-,55+,56+,62?,63?,64?,65?,66?,67-,68-,69?,70?,71?,72?,73?,77-,78+,79+,80+,81+/m0/s1. The molecule has 10 rings (SSSR count). The average Bonchev–Trinajstić information content (AvgIpc) is 0.769. The maximum absolute atomic E-state index is 15.1. The summed E-state index contributed by atoms with van der Waals surface area (Å²) in [5.74, 6) is -3.65. The minimum atomic E-state index is -1.47. The zero-order valence-electron chi connectivity index (χ0n) is 61.0. The molecule has 0 aromatic heterocycles. The number of ether oxygens (including phenoxy) is 15. The van der Waals surface area contributed by atoms with Crippen LogP contribution in [-0.4, -0.2) is 149 Å². The van der Waals surface area contributed by atoms with Gasteiger partial charge in [-0.05, 0) is 115 Å². The van der Waals surface area contributed by atoms with E-state index in [0.717, 1.165) is 11.1 Å². The zero-order chi connectivity index (χ0) is 72.2. The molecular weight excluding hydrogens is 1300 g/mol. The van der Waals surface area contributed by atoms with Crippen molar-refractivity contribution >= 4 is 17.9 Å². The molecule has 102 heavy (non-hydrogen) atoms. The van der Waals surface area contributed by atoms with Crippen LogP contribution in [0.1, 0.15) is 157 Å². The lowest BCUT2D eigenvalue weighted by Gasteiger charge is -2.52. The summed E-state index contributed by atoms with van der Waals surface area (Å²) in [6.45, 7) is 24.1. The maximum Gasteiger partial charge on any atom is 0.338 e. The minimum Gasteiger partial charge on any atom is -0.453 e. The molecule has 5 heterocycles. The van der Waals surface area contributed by atoms with Gasteiger partial charge < -0.3 is 71.1 Å². The van der Waals surface area contributed by atoms with Gasteiger partial charge in [-0.3, -0.25) is 0 Å². The first-order valence-electron chi connectivity index (χ1n) is 37.0. The normalized spacial score (nSPS) is 34.0. The van der Waals surface area contributed by atoms with Crippen LogP contribution in [0, 0.1) is 47.3 Å². The van der Waals surface area contributed by atoms with E-state index >= 15 is 4.79 Å². The average molecular weight is 1410 g/mol. The highest BCUT2D eigenvalue weighted by Crippen LogP contribution is 2.45. The van der Waals surface area contributed by atoms with Crippen molar-refractivity contribution in [3.8, 4) is 0 Å². The van der Waals surface area contributed by atoms with Crippen LogP contribution in [-0.2, 0) is 84.3 Å². The largest absolute Gasteiger partial charge is 0.453 e. The van der Waals surface area contributed by atoms with Crippen molar-refractivity contribution in [2.24, 2.45) is 52.5 Å². The van der Waals surface area contributed by atoms with E-state index in [4.69, 9.17) is 76.6 Å². The Morgan fingerprint density at radius 1 is 0.373 bits per heavy atom. The lowest BCUT2D eigenvalue weighted by Crippen LogP contribution is -2.64. The number of carbonyl (C=O) groups is 3. The molecule has 21 heteroatoms. The molecule has 5 aliphatic rings. The van der Waals surface area contributed by atoms with E-state index in [1.807, 2.05) is 105 Å². The van der Waals surface area contributed by atoms with Crippen molar-refractivity contribution in [2.75, 3.05) is 26.4 Å². The molecule has 10 unspecified atom stereocenters. The molecule has 5 aromatic carbocycles. The second kappa shape index (κ2) is 38.4. The first kappa shape index (κ1) is 77.9. The minimum absolute atomic E-state index is 0.00363. The molecule has 5 aromatic rings. The molecule has 21 nitrogen and oxygen atoms in total. The highest BCUT2D eigenvalue weighted by atomic mass is 16.8. The maximum atomic E-state index is 15.1. The highest BCUT2D eigenvalue weighted by Gasteiger charge is 2.57. The molecule has 554 valence electrons. The Kier molecular flexibility index (Phi) is 29.3.